The van der Waals surface area contributed by atoms with Gasteiger partial charge in [-0.3, -0.25) is 15.0 Å². The van der Waals surface area contributed by atoms with Crippen LogP contribution in [0.1, 0.15) is 21.6 Å². The van der Waals surface area contributed by atoms with E-state index in [1.807, 2.05) is 0 Å². The molecule has 8 nitrogen and oxygen atoms in total. The minimum Gasteiger partial charge on any atom is -0.387 e. The van der Waals surface area contributed by atoms with Gasteiger partial charge in [-0.2, -0.15) is 0 Å². The van der Waals surface area contributed by atoms with Crippen LogP contribution < -0.4 is 10.8 Å². The fraction of sp³-hybridized carbons (Fsp3) is 0.125. The average molecular weight is 342 g/mol. The average Bonchev–Trinajstić information content (AvgIpc) is 3.04. The summed E-state index contributed by atoms with van der Waals surface area (Å²) in [5.74, 6) is -0.893. The molecule has 1 amide bonds. The van der Waals surface area contributed by atoms with E-state index in [1.54, 1.807) is 7.05 Å². The van der Waals surface area contributed by atoms with Gasteiger partial charge in [0.15, 0.2) is 5.65 Å². The lowest BCUT2D eigenvalue weighted by Gasteiger charge is -2.10. The third-order valence-electron chi connectivity index (χ3n) is 3.60. The summed E-state index contributed by atoms with van der Waals surface area (Å²) in [6, 6.07) is 4.05. The second kappa shape index (κ2) is 6.65. The van der Waals surface area contributed by atoms with Gasteiger partial charge in [-0.1, -0.05) is 0 Å². The highest BCUT2D eigenvalue weighted by Gasteiger charge is 2.17. The van der Waals surface area contributed by atoms with Crippen molar-refractivity contribution < 1.29 is 14.0 Å². The molecule has 9 heteroatoms. The minimum absolute atomic E-state index is 0.0537. The predicted octanol–water partition coefficient (Wildman–Crippen LogP) is 1.85. The first-order valence-electron chi connectivity index (χ1n) is 7.29. The Hall–Kier alpha value is -3.33. The van der Waals surface area contributed by atoms with Crippen LogP contribution in [0.2, 0.25) is 0 Å². The van der Waals surface area contributed by atoms with Crippen LogP contribution in [-0.2, 0) is 4.84 Å². The van der Waals surface area contributed by atoms with E-state index in [0.717, 1.165) is 0 Å². The third-order valence-corrected chi connectivity index (χ3v) is 3.60. The molecule has 0 aliphatic heterocycles. The molecular formula is C16H15FN6O2. The van der Waals surface area contributed by atoms with Gasteiger partial charge in [0.1, 0.15) is 17.0 Å². The Kier molecular flexibility index (Phi) is 4.40. The van der Waals surface area contributed by atoms with E-state index >= 15 is 0 Å². The van der Waals surface area contributed by atoms with Crippen LogP contribution in [0.3, 0.4) is 0 Å². The van der Waals surface area contributed by atoms with E-state index in [9.17, 15) is 9.18 Å². The number of fused-ring (bicyclic) bond motifs is 1. The first-order chi connectivity index (χ1) is 12.0. The molecule has 0 atom stereocenters. The molecule has 25 heavy (non-hydrogen) atoms. The fourth-order valence-corrected chi connectivity index (χ4v) is 2.41. The lowest BCUT2D eigenvalue weighted by atomic mass is 10.1. The summed E-state index contributed by atoms with van der Waals surface area (Å²) in [5.41, 5.74) is 4.40. The molecule has 0 aliphatic rings. The number of halogens is 1. The largest absolute Gasteiger partial charge is 0.387 e. The number of amides is 1. The molecule has 0 saturated carbocycles. The summed E-state index contributed by atoms with van der Waals surface area (Å²) in [4.78, 5) is 28.0. The number of nitrogens with one attached hydrogen (secondary N) is 4. The molecule has 3 rings (SSSR count). The van der Waals surface area contributed by atoms with Gasteiger partial charge in [0.25, 0.3) is 5.91 Å². The number of hydrogen-bond donors (Lipinski definition) is 4. The zero-order chi connectivity index (χ0) is 18.0. The highest BCUT2D eigenvalue weighted by atomic mass is 19.1. The number of benzene rings is 1. The van der Waals surface area contributed by atoms with Crippen molar-refractivity contribution in [2.75, 3.05) is 19.5 Å². The lowest BCUT2D eigenvalue weighted by Crippen LogP contribution is -2.21. The zero-order valence-electron chi connectivity index (χ0n) is 13.5. The number of anilines is 1. The molecule has 2 aromatic heterocycles. The van der Waals surface area contributed by atoms with E-state index in [2.05, 4.69) is 30.6 Å². The third kappa shape index (κ3) is 3.04. The molecule has 3 aromatic rings. The molecule has 0 unspecified atom stereocenters. The lowest BCUT2D eigenvalue weighted by molar-refractivity contribution is 0.0539. The Morgan fingerprint density at radius 1 is 1.36 bits per heavy atom. The van der Waals surface area contributed by atoms with Crippen LogP contribution in [0, 0.1) is 11.2 Å². The molecule has 4 N–H and O–H groups in total. The van der Waals surface area contributed by atoms with Crippen LogP contribution in [0.5, 0.6) is 0 Å². The van der Waals surface area contributed by atoms with Crippen molar-refractivity contribution in [2.24, 2.45) is 0 Å². The number of H-pyrrole nitrogens is 1. The van der Waals surface area contributed by atoms with E-state index < -0.39 is 11.7 Å². The molecule has 0 fully saturated rings. The highest BCUT2D eigenvalue weighted by molar-refractivity contribution is 6.14. The number of carbonyl (C=O) groups excluding carboxylic acids is 1. The van der Waals surface area contributed by atoms with Gasteiger partial charge < -0.3 is 10.3 Å². The first-order valence-corrected chi connectivity index (χ1v) is 7.29. The zero-order valence-corrected chi connectivity index (χ0v) is 13.5. The SMILES string of the molecule is CNc1cc(F)ccc1C(=N)c1cnc2[nH]cc(C(=O)NOC)c2n1. The maximum Gasteiger partial charge on any atom is 0.278 e. The van der Waals surface area contributed by atoms with Crippen molar-refractivity contribution in [3.05, 3.63) is 53.2 Å². The van der Waals surface area contributed by atoms with Crippen molar-refractivity contribution in [2.45, 2.75) is 0 Å². The van der Waals surface area contributed by atoms with Crippen molar-refractivity contribution in [1.82, 2.24) is 20.4 Å². The minimum atomic E-state index is -0.482. The van der Waals surface area contributed by atoms with Crippen molar-refractivity contribution in [3.8, 4) is 0 Å². The van der Waals surface area contributed by atoms with E-state index in [0.29, 0.717) is 22.4 Å². The summed E-state index contributed by atoms with van der Waals surface area (Å²) < 4.78 is 13.4. The van der Waals surface area contributed by atoms with Crippen LogP contribution in [-0.4, -0.2) is 40.7 Å². The Morgan fingerprint density at radius 3 is 2.88 bits per heavy atom. The second-order valence-corrected chi connectivity index (χ2v) is 5.11. The van der Waals surface area contributed by atoms with E-state index in [1.165, 1.54) is 37.7 Å². The van der Waals surface area contributed by atoms with Gasteiger partial charge in [-0.25, -0.2) is 19.8 Å². The number of carbonyl (C=O) groups is 1. The Bertz CT molecular complexity index is 968. The van der Waals surface area contributed by atoms with Gasteiger partial charge in [0.2, 0.25) is 0 Å². The maximum absolute atomic E-state index is 13.4. The molecule has 0 bridgehead atoms. The van der Waals surface area contributed by atoms with Crippen molar-refractivity contribution in [1.29, 1.82) is 5.41 Å². The fourth-order valence-electron chi connectivity index (χ4n) is 2.41. The van der Waals surface area contributed by atoms with E-state index in [4.69, 9.17) is 5.41 Å². The van der Waals surface area contributed by atoms with Crippen molar-refractivity contribution in [3.63, 3.8) is 0 Å². The summed E-state index contributed by atoms with van der Waals surface area (Å²) >= 11 is 0. The predicted molar refractivity (Wildman–Crippen MR) is 90.2 cm³/mol. The first kappa shape index (κ1) is 16.5. The van der Waals surface area contributed by atoms with Gasteiger partial charge >= 0.3 is 0 Å². The summed E-state index contributed by atoms with van der Waals surface area (Å²) in [6.45, 7) is 0. The highest BCUT2D eigenvalue weighted by Crippen LogP contribution is 2.21. The molecule has 128 valence electrons. The number of aromatic amines is 1. The molecule has 2 heterocycles. The Morgan fingerprint density at radius 2 is 2.16 bits per heavy atom. The van der Waals surface area contributed by atoms with Gasteiger partial charge in [0.05, 0.1) is 24.6 Å². The van der Waals surface area contributed by atoms with E-state index in [-0.39, 0.29) is 17.0 Å². The standard InChI is InChI=1S/C16H15FN6O2/c1-19-11-5-8(17)3-4-9(11)13(18)12-7-21-15-14(22-12)10(6-20-15)16(24)23-25-2/h3-7,18-19H,1-2H3,(H,20,21)(H,23,24). The van der Waals surface area contributed by atoms with Crippen LogP contribution in [0.4, 0.5) is 10.1 Å². The number of rotatable bonds is 5. The molecule has 1 aromatic carbocycles. The molecule has 0 radical (unpaired) electrons. The Labute approximate surface area is 141 Å². The quantitative estimate of drug-likeness (QED) is 0.417. The molecule has 0 spiro atoms. The number of aromatic nitrogens is 3. The normalized spacial score (nSPS) is 10.7. The Balaban J connectivity index is 2.05. The monoisotopic (exact) mass is 342 g/mol. The summed E-state index contributed by atoms with van der Waals surface area (Å²) in [7, 11) is 2.97. The second-order valence-electron chi connectivity index (χ2n) is 5.11. The summed E-state index contributed by atoms with van der Waals surface area (Å²) in [6.07, 6.45) is 2.88. The number of nitrogens with zero attached hydrogens (tertiary/aromatic N) is 2. The maximum atomic E-state index is 13.4. The van der Waals surface area contributed by atoms with Crippen molar-refractivity contribution >= 4 is 28.5 Å². The van der Waals surface area contributed by atoms with Gasteiger partial charge in [-0.05, 0) is 18.2 Å². The molecule has 0 aliphatic carbocycles. The van der Waals surface area contributed by atoms with Gasteiger partial charge in [0, 0.05) is 24.5 Å². The number of hydrogen-bond acceptors (Lipinski definition) is 6. The van der Waals surface area contributed by atoms with Crippen LogP contribution >= 0.6 is 0 Å². The summed E-state index contributed by atoms with van der Waals surface area (Å²) in [5, 5.41) is 11.2. The molecular weight excluding hydrogens is 327 g/mol. The number of hydroxylamine groups is 1. The van der Waals surface area contributed by atoms with Crippen LogP contribution in [0.15, 0.2) is 30.6 Å². The van der Waals surface area contributed by atoms with Gasteiger partial charge in [-0.15, -0.1) is 0 Å². The van der Waals surface area contributed by atoms with Crippen LogP contribution in [0.25, 0.3) is 11.2 Å². The smallest absolute Gasteiger partial charge is 0.278 e. The topological polar surface area (TPSA) is 116 Å². The molecule has 0 saturated heterocycles.